The van der Waals surface area contributed by atoms with Gasteiger partial charge >= 0.3 is 5.97 Å². The Hall–Kier alpha value is -4.31. The molecular weight excluding hydrogens is 376 g/mol. The summed E-state index contributed by atoms with van der Waals surface area (Å²) < 4.78 is 4.75. The molecule has 10 nitrogen and oxygen atoms in total. The minimum absolute atomic E-state index is 0.0450. The average molecular weight is 392 g/mol. The second-order valence-electron chi connectivity index (χ2n) is 5.90. The summed E-state index contributed by atoms with van der Waals surface area (Å²) in [6, 6.07) is 11.8. The Labute approximate surface area is 166 Å². The van der Waals surface area contributed by atoms with Gasteiger partial charge in [0.05, 0.1) is 16.2 Å². The van der Waals surface area contributed by atoms with Crippen LogP contribution in [0, 0.1) is 39.7 Å². The zero-order chi connectivity index (χ0) is 21.4. The van der Waals surface area contributed by atoms with E-state index in [0.29, 0.717) is 11.4 Å². The molecule has 0 aliphatic rings. The highest BCUT2D eigenvalue weighted by molar-refractivity contribution is 5.79. The lowest BCUT2D eigenvalue weighted by Gasteiger charge is -2.14. The largest absolute Gasteiger partial charge is 0.449 e. The van der Waals surface area contributed by atoms with Gasteiger partial charge in [0, 0.05) is 17.8 Å². The molecule has 2 aromatic carbocycles. The van der Waals surface area contributed by atoms with E-state index in [1.165, 1.54) is 12.1 Å². The molecule has 0 amide bonds. The predicted molar refractivity (Wildman–Crippen MR) is 103 cm³/mol. The van der Waals surface area contributed by atoms with Crippen molar-refractivity contribution in [3.05, 3.63) is 57.6 Å². The smallest absolute Gasteiger partial charge is 0.329 e. The van der Waals surface area contributed by atoms with Crippen LogP contribution in [0.1, 0.15) is 18.1 Å². The van der Waals surface area contributed by atoms with E-state index in [4.69, 9.17) is 15.3 Å². The van der Waals surface area contributed by atoms with Gasteiger partial charge in [0.1, 0.15) is 23.9 Å². The highest BCUT2D eigenvalue weighted by Gasteiger charge is 2.14. The lowest BCUT2D eigenvalue weighted by atomic mass is 10.1. The Bertz CT molecular complexity index is 1050. The lowest BCUT2D eigenvalue weighted by Crippen LogP contribution is -2.28. The molecule has 0 aliphatic carbocycles. The summed E-state index contributed by atoms with van der Waals surface area (Å²) >= 11 is 0. The predicted octanol–water partition coefficient (Wildman–Crippen LogP) is 4.06. The second kappa shape index (κ2) is 9.58. The van der Waals surface area contributed by atoms with Crippen molar-refractivity contribution in [2.24, 2.45) is 10.2 Å². The molecule has 0 aromatic heterocycles. The van der Waals surface area contributed by atoms with E-state index in [0.717, 1.165) is 11.6 Å². The number of carbonyl (C=O) groups is 1. The van der Waals surface area contributed by atoms with Gasteiger partial charge in [-0.05, 0) is 43.7 Å². The Kier molecular flexibility index (Phi) is 6.93. The summed E-state index contributed by atoms with van der Waals surface area (Å²) in [5.74, 6) is -0.546. The number of hydrogen-bond acceptors (Lipinski definition) is 9. The molecular formula is C19H16N6O4. The van der Waals surface area contributed by atoms with E-state index in [1.807, 2.05) is 6.07 Å². The molecule has 0 spiro atoms. The number of ether oxygens (including phenoxy) is 1. The molecule has 1 N–H and O–H groups in total. The zero-order valence-electron chi connectivity index (χ0n) is 15.6. The molecule has 1 unspecified atom stereocenters. The van der Waals surface area contributed by atoms with Crippen molar-refractivity contribution < 1.29 is 14.5 Å². The number of aryl methyl sites for hydroxylation is 1. The topological polar surface area (TPSA) is 154 Å². The molecule has 29 heavy (non-hydrogen) atoms. The van der Waals surface area contributed by atoms with Crippen LogP contribution in [-0.2, 0) is 9.53 Å². The van der Waals surface area contributed by atoms with Gasteiger partial charge in [-0.1, -0.05) is 0 Å². The molecule has 1 atom stereocenters. The molecule has 0 bridgehead atoms. The van der Waals surface area contributed by atoms with Gasteiger partial charge in [-0.2, -0.15) is 15.6 Å². The van der Waals surface area contributed by atoms with Gasteiger partial charge < -0.3 is 10.1 Å². The van der Waals surface area contributed by atoms with E-state index in [9.17, 15) is 14.9 Å². The fourth-order valence-corrected chi connectivity index (χ4v) is 2.32. The van der Waals surface area contributed by atoms with Gasteiger partial charge in [-0.25, -0.2) is 4.79 Å². The number of nitro benzene ring substituents is 1. The molecule has 0 saturated carbocycles. The van der Waals surface area contributed by atoms with Crippen molar-refractivity contribution >= 4 is 28.7 Å². The molecule has 0 saturated heterocycles. The summed E-state index contributed by atoms with van der Waals surface area (Å²) in [6.45, 7) is 3.09. The Morgan fingerprint density at radius 2 is 1.93 bits per heavy atom. The maximum Gasteiger partial charge on any atom is 0.329 e. The van der Waals surface area contributed by atoms with Gasteiger partial charge in [-0.3, -0.25) is 10.1 Å². The minimum atomic E-state index is -0.645. The van der Waals surface area contributed by atoms with Crippen molar-refractivity contribution in [3.8, 4) is 12.1 Å². The van der Waals surface area contributed by atoms with Crippen LogP contribution in [0.5, 0.6) is 0 Å². The maximum atomic E-state index is 11.7. The number of esters is 1. The van der Waals surface area contributed by atoms with Crippen LogP contribution in [-0.4, -0.2) is 23.5 Å². The van der Waals surface area contributed by atoms with E-state index in [-0.39, 0.29) is 23.5 Å². The standard InChI is InChI=1S/C19H16N6O4/c1-12-9-15(22-13(2)19(26)29-8-7-20)3-5-17(12)23-24-18-6-4-16(25(27)28)10-14(18)11-21/h3-6,9-10,13,22H,8H2,1-2H3/b24-23+. The van der Waals surface area contributed by atoms with E-state index in [1.54, 1.807) is 38.1 Å². The fourth-order valence-electron chi connectivity index (χ4n) is 2.32. The van der Waals surface area contributed by atoms with E-state index >= 15 is 0 Å². The zero-order valence-corrected chi connectivity index (χ0v) is 15.6. The monoisotopic (exact) mass is 392 g/mol. The third-order valence-corrected chi connectivity index (χ3v) is 3.79. The molecule has 146 valence electrons. The van der Waals surface area contributed by atoms with E-state index in [2.05, 4.69) is 15.5 Å². The molecule has 0 radical (unpaired) electrons. The van der Waals surface area contributed by atoms with Gasteiger partial charge in [0.15, 0.2) is 6.61 Å². The summed E-state index contributed by atoms with van der Waals surface area (Å²) in [6.07, 6.45) is 0. The van der Waals surface area contributed by atoms with Crippen molar-refractivity contribution in [3.63, 3.8) is 0 Å². The number of rotatable bonds is 7. The van der Waals surface area contributed by atoms with Crippen molar-refractivity contribution in [2.45, 2.75) is 19.9 Å². The maximum absolute atomic E-state index is 11.7. The van der Waals surface area contributed by atoms with Gasteiger partial charge in [0.2, 0.25) is 0 Å². The molecule has 0 fully saturated rings. The summed E-state index contributed by atoms with van der Waals surface area (Å²) in [5, 5.41) is 39.5. The van der Waals surface area contributed by atoms with Crippen LogP contribution in [0.15, 0.2) is 46.6 Å². The van der Waals surface area contributed by atoms with Gasteiger partial charge in [-0.15, -0.1) is 5.11 Å². The highest BCUT2D eigenvalue weighted by atomic mass is 16.6. The molecule has 0 heterocycles. The average Bonchev–Trinajstić information content (AvgIpc) is 2.71. The fraction of sp³-hybridized carbons (Fsp3) is 0.211. The van der Waals surface area contributed by atoms with Crippen LogP contribution in [0.4, 0.5) is 22.7 Å². The first-order valence-corrected chi connectivity index (χ1v) is 8.36. The van der Waals surface area contributed by atoms with Crippen molar-refractivity contribution in [2.75, 3.05) is 11.9 Å². The number of azo groups is 1. The number of anilines is 1. The van der Waals surface area contributed by atoms with Crippen LogP contribution in [0.3, 0.4) is 0 Å². The molecule has 0 aliphatic heterocycles. The number of non-ortho nitro benzene ring substituents is 1. The highest BCUT2D eigenvalue weighted by Crippen LogP contribution is 2.28. The summed E-state index contributed by atoms with van der Waals surface area (Å²) in [5.41, 5.74) is 1.98. The first-order chi connectivity index (χ1) is 13.8. The third-order valence-electron chi connectivity index (χ3n) is 3.79. The number of nitrogens with one attached hydrogen (secondary N) is 1. The third kappa shape index (κ3) is 5.58. The number of nitriles is 2. The SMILES string of the molecule is Cc1cc(NC(C)C(=O)OCC#N)ccc1/N=N/c1ccc([N+](=O)[O-])cc1C#N. The normalized spacial score (nSPS) is 11.3. The minimum Gasteiger partial charge on any atom is -0.449 e. The molecule has 10 heteroatoms. The van der Waals surface area contributed by atoms with Crippen LogP contribution >= 0.6 is 0 Å². The van der Waals surface area contributed by atoms with Crippen LogP contribution in [0.2, 0.25) is 0 Å². The molecule has 2 aromatic rings. The Morgan fingerprint density at radius 3 is 2.55 bits per heavy atom. The van der Waals surface area contributed by atoms with Crippen LogP contribution in [0.25, 0.3) is 0 Å². The number of hydrogen-bond donors (Lipinski definition) is 1. The first-order valence-electron chi connectivity index (χ1n) is 8.36. The summed E-state index contributed by atoms with van der Waals surface area (Å²) in [4.78, 5) is 21.9. The quantitative estimate of drug-likeness (QED) is 0.322. The van der Waals surface area contributed by atoms with Crippen molar-refractivity contribution in [1.82, 2.24) is 0 Å². The Morgan fingerprint density at radius 1 is 1.24 bits per heavy atom. The van der Waals surface area contributed by atoms with Crippen molar-refractivity contribution in [1.29, 1.82) is 10.5 Å². The number of benzene rings is 2. The van der Waals surface area contributed by atoms with Crippen LogP contribution < -0.4 is 5.32 Å². The lowest BCUT2D eigenvalue weighted by molar-refractivity contribution is -0.384. The summed E-state index contributed by atoms with van der Waals surface area (Å²) in [7, 11) is 0. The number of nitro groups is 1. The first kappa shape index (κ1) is 21.0. The number of carbonyl (C=O) groups excluding carboxylic acids is 1. The number of nitrogens with zero attached hydrogens (tertiary/aromatic N) is 5. The molecule has 2 rings (SSSR count). The second-order valence-corrected chi connectivity index (χ2v) is 5.90. The Balaban J connectivity index is 2.15. The van der Waals surface area contributed by atoms with Gasteiger partial charge in [0.25, 0.3) is 5.69 Å². The van der Waals surface area contributed by atoms with E-state index < -0.39 is 16.9 Å².